The normalized spacial score (nSPS) is 27.7. The Balaban J connectivity index is 2.63. The third kappa shape index (κ3) is 2.87. The highest BCUT2D eigenvalue weighted by Crippen LogP contribution is 2.31. The molecule has 1 aliphatic carbocycles. The second kappa shape index (κ2) is 4.79. The first kappa shape index (κ1) is 10.8. The van der Waals surface area contributed by atoms with Crippen LogP contribution in [0.5, 0.6) is 0 Å². The number of allylic oxidation sites excluding steroid dienone is 1. The molecule has 2 unspecified atom stereocenters. The molecule has 2 atom stereocenters. The van der Waals surface area contributed by atoms with Gasteiger partial charge in [0, 0.05) is 6.08 Å². The van der Waals surface area contributed by atoms with E-state index in [-0.39, 0.29) is 5.92 Å². The summed E-state index contributed by atoms with van der Waals surface area (Å²) in [6.45, 7) is 0. The highest BCUT2D eigenvalue weighted by Gasteiger charge is 2.28. The van der Waals surface area contributed by atoms with E-state index in [0.717, 1.165) is 25.3 Å². The predicted molar refractivity (Wildman–Crippen MR) is 49.9 cm³/mol. The van der Waals surface area contributed by atoms with Gasteiger partial charge in [-0.3, -0.25) is 4.79 Å². The summed E-state index contributed by atoms with van der Waals surface area (Å²) in [5.74, 6) is -2.35. The molecule has 4 heteroatoms. The lowest BCUT2D eigenvalue weighted by Crippen LogP contribution is -2.25. The summed E-state index contributed by atoms with van der Waals surface area (Å²) in [6, 6.07) is 0. The largest absolute Gasteiger partial charge is 0.481 e. The summed E-state index contributed by atoms with van der Waals surface area (Å²) in [4.78, 5) is 21.1. The minimum Gasteiger partial charge on any atom is -0.481 e. The summed E-state index contributed by atoms with van der Waals surface area (Å²) < 4.78 is 0. The molecule has 1 aliphatic rings. The van der Waals surface area contributed by atoms with Crippen LogP contribution in [0.25, 0.3) is 0 Å². The molecule has 0 spiro atoms. The van der Waals surface area contributed by atoms with Crippen molar-refractivity contribution in [1.29, 1.82) is 0 Å². The summed E-state index contributed by atoms with van der Waals surface area (Å²) in [5, 5.41) is 17.3. The lowest BCUT2D eigenvalue weighted by molar-refractivity contribution is -0.144. The molecule has 0 radical (unpaired) electrons. The smallest absolute Gasteiger partial charge is 0.327 e. The zero-order chi connectivity index (χ0) is 10.6. The van der Waals surface area contributed by atoms with Gasteiger partial charge >= 0.3 is 11.9 Å². The van der Waals surface area contributed by atoms with Gasteiger partial charge in [-0.05, 0) is 18.8 Å². The molecule has 0 heterocycles. The summed E-state index contributed by atoms with van der Waals surface area (Å²) in [7, 11) is 0. The fraction of sp³-hybridized carbons (Fsp3) is 0.600. The highest BCUT2D eigenvalue weighted by atomic mass is 16.4. The van der Waals surface area contributed by atoms with Crippen LogP contribution in [0.2, 0.25) is 0 Å². The van der Waals surface area contributed by atoms with Crippen molar-refractivity contribution in [3.05, 3.63) is 12.2 Å². The van der Waals surface area contributed by atoms with Crippen molar-refractivity contribution >= 4 is 11.9 Å². The Morgan fingerprint density at radius 3 is 2.36 bits per heavy atom. The van der Waals surface area contributed by atoms with Crippen molar-refractivity contribution in [2.24, 2.45) is 11.8 Å². The van der Waals surface area contributed by atoms with Crippen molar-refractivity contribution < 1.29 is 19.8 Å². The first-order chi connectivity index (χ1) is 6.61. The lowest BCUT2D eigenvalue weighted by atomic mass is 9.79. The molecule has 0 saturated heterocycles. The van der Waals surface area contributed by atoms with Gasteiger partial charge in [-0.25, -0.2) is 4.79 Å². The van der Waals surface area contributed by atoms with E-state index in [9.17, 15) is 9.59 Å². The van der Waals surface area contributed by atoms with Gasteiger partial charge in [-0.2, -0.15) is 0 Å². The van der Waals surface area contributed by atoms with Crippen LogP contribution in [-0.4, -0.2) is 22.2 Å². The number of hydrogen-bond donors (Lipinski definition) is 2. The molecular weight excluding hydrogens is 184 g/mol. The number of aliphatic carboxylic acids is 2. The lowest BCUT2D eigenvalue weighted by Gasteiger charge is -2.25. The Morgan fingerprint density at radius 2 is 1.79 bits per heavy atom. The Bertz CT molecular complexity index is 257. The third-order valence-corrected chi connectivity index (χ3v) is 2.62. The third-order valence-electron chi connectivity index (χ3n) is 2.62. The summed E-state index contributed by atoms with van der Waals surface area (Å²) in [6.07, 6.45) is 5.91. The van der Waals surface area contributed by atoms with Gasteiger partial charge in [-0.1, -0.05) is 18.9 Å². The quantitative estimate of drug-likeness (QED) is 0.674. The van der Waals surface area contributed by atoms with Crippen LogP contribution in [0.1, 0.15) is 25.7 Å². The Kier molecular flexibility index (Phi) is 3.68. The average Bonchev–Trinajstić information content (AvgIpc) is 2.15. The average molecular weight is 198 g/mol. The molecule has 1 fully saturated rings. The molecule has 0 bridgehead atoms. The predicted octanol–water partition coefficient (Wildman–Crippen LogP) is 1.52. The van der Waals surface area contributed by atoms with Crippen molar-refractivity contribution in [1.82, 2.24) is 0 Å². The monoisotopic (exact) mass is 198 g/mol. The molecule has 78 valence electrons. The van der Waals surface area contributed by atoms with E-state index in [2.05, 4.69) is 0 Å². The second-order valence-electron chi connectivity index (χ2n) is 3.59. The Labute approximate surface area is 82.2 Å². The fourth-order valence-corrected chi connectivity index (χ4v) is 1.90. The molecule has 1 rings (SSSR count). The fourth-order valence-electron chi connectivity index (χ4n) is 1.90. The number of carbonyl (C=O) groups is 2. The number of hydrogen-bond acceptors (Lipinski definition) is 2. The zero-order valence-electron chi connectivity index (χ0n) is 7.85. The SMILES string of the molecule is O=C(O)/C=C/C1CCCCC1C(=O)O. The molecule has 0 aliphatic heterocycles. The van der Waals surface area contributed by atoms with E-state index in [1.165, 1.54) is 6.08 Å². The zero-order valence-corrected chi connectivity index (χ0v) is 7.85. The van der Waals surface area contributed by atoms with E-state index in [0.29, 0.717) is 6.42 Å². The maximum atomic E-state index is 10.8. The molecule has 2 N–H and O–H groups in total. The van der Waals surface area contributed by atoms with Crippen LogP contribution in [0.4, 0.5) is 0 Å². The van der Waals surface area contributed by atoms with Crippen molar-refractivity contribution in [3.8, 4) is 0 Å². The van der Waals surface area contributed by atoms with Gasteiger partial charge in [-0.15, -0.1) is 0 Å². The van der Waals surface area contributed by atoms with Crippen molar-refractivity contribution in [2.45, 2.75) is 25.7 Å². The first-order valence-electron chi connectivity index (χ1n) is 4.75. The van der Waals surface area contributed by atoms with Gasteiger partial charge in [0.2, 0.25) is 0 Å². The Hall–Kier alpha value is -1.32. The highest BCUT2D eigenvalue weighted by molar-refractivity contribution is 5.80. The minimum absolute atomic E-state index is 0.114. The second-order valence-corrected chi connectivity index (χ2v) is 3.59. The molecule has 0 aromatic heterocycles. The molecule has 14 heavy (non-hydrogen) atoms. The van der Waals surface area contributed by atoms with Crippen LogP contribution < -0.4 is 0 Å². The van der Waals surface area contributed by atoms with Crippen LogP contribution in [-0.2, 0) is 9.59 Å². The van der Waals surface area contributed by atoms with E-state index in [1.807, 2.05) is 0 Å². The first-order valence-corrected chi connectivity index (χ1v) is 4.75. The van der Waals surface area contributed by atoms with E-state index in [4.69, 9.17) is 10.2 Å². The van der Waals surface area contributed by atoms with Crippen LogP contribution >= 0.6 is 0 Å². The Morgan fingerprint density at radius 1 is 1.14 bits per heavy atom. The van der Waals surface area contributed by atoms with E-state index < -0.39 is 17.9 Å². The van der Waals surface area contributed by atoms with Crippen LogP contribution in [0.15, 0.2) is 12.2 Å². The molecule has 1 saturated carbocycles. The maximum absolute atomic E-state index is 10.8. The summed E-state index contributed by atoms with van der Waals surface area (Å²) >= 11 is 0. The number of carboxylic acid groups (broad SMARTS) is 2. The molecular formula is C10H14O4. The number of carboxylic acids is 2. The van der Waals surface area contributed by atoms with Gasteiger partial charge < -0.3 is 10.2 Å². The van der Waals surface area contributed by atoms with Crippen LogP contribution in [0.3, 0.4) is 0 Å². The standard InChI is InChI=1S/C10H14O4/c11-9(12)6-5-7-3-1-2-4-8(7)10(13)14/h5-8H,1-4H2,(H,11,12)(H,13,14)/b6-5+. The van der Waals surface area contributed by atoms with Gasteiger partial charge in [0.05, 0.1) is 5.92 Å². The molecule has 0 aromatic carbocycles. The minimum atomic E-state index is -1.01. The molecule has 0 amide bonds. The number of rotatable bonds is 3. The molecule has 0 aromatic rings. The van der Waals surface area contributed by atoms with Crippen molar-refractivity contribution in [3.63, 3.8) is 0 Å². The van der Waals surface area contributed by atoms with Gasteiger partial charge in [0.15, 0.2) is 0 Å². The van der Waals surface area contributed by atoms with Crippen LogP contribution in [0, 0.1) is 11.8 Å². The maximum Gasteiger partial charge on any atom is 0.327 e. The molecule has 4 nitrogen and oxygen atoms in total. The van der Waals surface area contributed by atoms with E-state index >= 15 is 0 Å². The van der Waals surface area contributed by atoms with E-state index in [1.54, 1.807) is 0 Å². The van der Waals surface area contributed by atoms with Gasteiger partial charge in [0.1, 0.15) is 0 Å². The van der Waals surface area contributed by atoms with Crippen molar-refractivity contribution in [2.75, 3.05) is 0 Å². The van der Waals surface area contributed by atoms with Gasteiger partial charge in [0.25, 0.3) is 0 Å². The summed E-state index contributed by atoms with van der Waals surface area (Å²) in [5.41, 5.74) is 0. The topological polar surface area (TPSA) is 74.6 Å².